The summed E-state index contributed by atoms with van der Waals surface area (Å²) in [6, 6.07) is 0.899. The molecular formula is C24H29F2N7O14P2S. The van der Waals surface area contributed by atoms with Crippen LogP contribution < -0.4 is 17.0 Å². The van der Waals surface area contributed by atoms with Gasteiger partial charge < -0.3 is 29.6 Å². The van der Waals surface area contributed by atoms with Crippen molar-refractivity contribution in [2.45, 2.75) is 69.2 Å². The van der Waals surface area contributed by atoms with Crippen LogP contribution in [0.2, 0.25) is 0 Å². The van der Waals surface area contributed by atoms with E-state index in [1.165, 1.54) is 0 Å². The first-order valence-electron chi connectivity index (χ1n) is 14.5. The first kappa shape index (κ1) is 36.5. The normalized spacial score (nSPS) is 34.8. The summed E-state index contributed by atoms with van der Waals surface area (Å²) in [5.74, 6) is -0.734. The van der Waals surface area contributed by atoms with Gasteiger partial charge in [-0.3, -0.25) is 37.0 Å². The predicted octanol–water partition coefficient (Wildman–Crippen LogP) is 1.71. The number of imidazole rings is 1. The van der Waals surface area contributed by atoms with Gasteiger partial charge in [-0.1, -0.05) is 0 Å². The Morgan fingerprint density at radius 3 is 2.42 bits per heavy atom. The fourth-order valence-electron chi connectivity index (χ4n) is 5.17. The molecule has 6 rings (SSSR count). The van der Waals surface area contributed by atoms with E-state index in [2.05, 4.69) is 15.0 Å². The van der Waals surface area contributed by atoms with Crippen LogP contribution in [0.15, 0.2) is 34.5 Å². The van der Waals surface area contributed by atoms with Crippen LogP contribution in [-0.2, 0) is 46.2 Å². The number of nitrogens with zero attached hydrogens (tertiary/aromatic N) is 5. The number of carbonyl (C=O) groups excluding carboxylic acids is 1. The fraction of sp³-hybridized carbons (Fsp3) is 0.583. The lowest BCUT2D eigenvalue weighted by Crippen LogP contribution is -2.38. The van der Waals surface area contributed by atoms with Crippen LogP contribution in [0.4, 0.5) is 19.4 Å². The van der Waals surface area contributed by atoms with Crippen LogP contribution in [0.25, 0.3) is 11.2 Å². The number of nitrogen functional groups attached to an aromatic ring is 1. The topological polar surface area (TPSA) is 270 Å². The van der Waals surface area contributed by atoms with Gasteiger partial charge in [0.25, 0.3) is 5.56 Å². The third-order valence-electron chi connectivity index (χ3n) is 7.34. The zero-order valence-corrected chi connectivity index (χ0v) is 28.4. The number of phosphoric ester groups is 1. The summed E-state index contributed by atoms with van der Waals surface area (Å²) < 4.78 is 104. The minimum atomic E-state index is -5.23. The van der Waals surface area contributed by atoms with Crippen LogP contribution >= 0.6 is 26.0 Å². The highest BCUT2D eigenvalue weighted by atomic mass is 32.7. The lowest BCUT2D eigenvalue weighted by Gasteiger charge is -2.29. The number of halogens is 2. The smallest absolute Gasteiger partial charge is 0.432 e. The number of hydrogen-bond donors (Lipinski definition) is 3. The Balaban J connectivity index is 1.31. The molecule has 0 spiro atoms. The Labute approximate surface area is 282 Å². The molecule has 0 saturated carbocycles. The van der Waals surface area contributed by atoms with E-state index in [1.807, 2.05) is 4.98 Å². The molecule has 0 bridgehead atoms. The number of phosphoric acid groups is 1. The van der Waals surface area contributed by atoms with Gasteiger partial charge in [-0.2, -0.15) is 0 Å². The molecule has 10 unspecified atom stereocenters. The SMILES string of the molecule is CC(C)OC(=O)OCSP1(=O)OCC2OC(n3ccc(=O)[nH]c3=O)C(F)C2OP(=O)(O)OCC2OC(n3cnc4c(N)ncnc43)C(F)C2O1. The summed E-state index contributed by atoms with van der Waals surface area (Å²) in [6.45, 7) is -3.45. The quantitative estimate of drug-likeness (QED) is 0.183. The van der Waals surface area contributed by atoms with E-state index in [-0.39, 0.29) is 28.4 Å². The number of anilines is 1. The van der Waals surface area contributed by atoms with Gasteiger partial charge in [-0.15, -0.1) is 0 Å². The van der Waals surface area contributed by atoms with Crippen LogP contribution in [0.1, 0.15) is 26.3 Å². The highest BCUT2D eigenvalue weighted by Crippen LogP contribution is 2.64. The van der Waals surface area contributed by atoms with E-state index < -0.39 is 106 Å². The molecule has 6 heterocycles. The lowest BCUT2D eigenvalue weighted by molar-refractivity contribution is -0.0616. The summed E-state index contributed by atoms with van der Waals surface area (Å²) in [6.07, 6.45) is -13.7. The second-order valence-corrected chi connectivity index (χ2v) is 16.5. The molecule has 3 aliphatic heterocycles. The number of ether oxygens (including phenoxy) is 4. The molecule has 3 saturated heterocycles. The summed E-state index contributed by atoms with van der Waals surface area (Å²) >= 11 is 0.275. The van der Waals surface area contributed by atoms with E-state index in [0.29, 0.717) is 4.57 Å². The van der Waals surface area contributed by atoms with Gasteiger partial charge in [0.15, 0.2) is 42.2 Å². The third-order valence-corrected chi connectivity index (χ3v) is 11.7. The van der Waals surface area contributed by atoms with Crippen molar-refractivity contribution in [2.75, 3.05) is 24.9 Å². The van der Waals surface area contributed by atoms with Crippen molar-refractivity contribution in [3.63, 3.8) is 0 Å². The number of hydrogen-bond acceptors (Lipinski definition) is 18. The number of aromatic amines is 1. The number of alkyl halides is 2. The molecule has 0 aliphatic carbocycles. The average Bonchev–Trinajstić information content (AvgIpc) is 3.69. The number of nitrogens with one attached hydrogen (secondary N) is 1. The standard InChI is InChI=1S/C24H29F2N7O14P2S/c1-10(2)43-24(36)40-9-50-49(39)42-6-12-17(14(25)21(44-12)32-4-3-13(34)31-23(32)35)46-48(37,38)41-5-11-18(47-49)15(26)22(45-11)33-8-30-16-19(27)28-7-29-20(16)33/h3-4,7-8,10-12,14-15,17-18,21-22H,5-6,9H2,1-2H3,(H,37,38)(H2,27,28,29)(H,31,34,35). The van der Waals surface area contributed by atoms with Crippen molar-refractivity contribution >= 4 is 49.1 Å². The predicted molar refractivity (Wildman–Crippen MR) is 163 cm³/mol. The first-order valence-corrected chi connectivity index (χ1v) is 19.2. The summed E-state index contributed by atoms with van der Waals surface area (Å²) in [5.41, 5.74) is 4.10. The van der Waals surface area contributed by atoms with Gasteiger partial charge in [0.05, 0.1) is 25.6 Å². The largest absolute Gasteiger partial charge is 0.509 e. The maximum atomic E-state index is 16.3. The van der Waals surface area contributed by atoms with E-state index in [4.69, 9.17) is 42.8 Å². The monoisotopic (exact) mass is 771 g/mol. The van der Waals surface area contributed by atoms with Crippen LogP contribution in [-0.4, -0.2) is 102 Å². The van der Waals surface area contributed by atoms with Crippen molar-refractivity contribution in [1.29, 1.82) is 0 Å². The number of nitrogens with two attached hydrogens (primary N) is 1. The zero-order chi connectivity index (χ0) is 36.0. The summed E-state index contributed by atoms with van der Waals surface area (Å²) in [4.78, 5) is 60.4. The first-order chi connectivity index (χ1) is 23.6. The highest BCUT2D eigenvalue weighted by molar-refractivity contribution is 8.55. The van der Waals surface area contributed by atoms with Crippen molar-refractivity contribution in [3.8, 4) is 0 Å². The maximum absolute atomic E-state index is 16.3. The highest BCUT2D eigenvalue weighted by Gasteiger charge is 2.55. The zero-order valence-electron chi connectivity index (χ0n) is 25.8. The molecule has 21 nitrogen and oxygen atoms in total. The molecule has 3 aliphatic rings. The minimum absolute atomic E-state index is 0.0245. The van der Waals surface area contributed by atoms with Crippen LogP contribution in [0, 0.1) is 0 Å². The summed E-state index contributed by atoms with van der Waals surface area (Å²) in [7, 11) is -5.23. The molecular weight excluding hydrogens is 742 g/mol. The van der Waals surface area contributed by atoms with Gasteiger partial charge in [0, 0.05) is 23.6 Å². The third kappa shape index (κ3) is 7.64. The molecule has 274 valence electrons. The number of carbonyl (C=O) groups is 1. The van der Waals surface area contributed by atoms with Gasteiger partial charge in [-0.05, 0) is 13.8 Å². The summed E-state index contributed by atoms with van der Waals surface area (Å²) in [5, 5.41) is 0. The molecule has 0 radical (unpaired) electrons. The van der Waals surface area contributed by atoms with Gasteiger partial charge in [0.2, 0.25) is 0 Å². The molecule has 3 aromatic rings. The van der Waals surface area contributed by atoms with Gasteiger partial charge in [0.1, 0.15) is 36.3 Å². The second kappa shape index (κ2) is 14.4. The Kier molecular flexibility index (Phi) is 10.5. The molecule has 3 fully saturated rings. The van der Waals surface area contributed by atoms with E-state index in [0.717, 1.165) is 29.5 Å². The molecule has 50 heavy (non-hydrogen) atoms. The molecule has 3 aromatic heterocycles. The van der Waals surface area contributed by atoms with Gasteiger partial charge >= 0.3 is 26.5 Å². The van der Waals surface area contributed by atoms with E-state index in [1.54, 1.807) is 13.8 Å². The molecule has 0 aromatic carbocycles. The second-order valence-electron chi connectivity index (χ2n) is 11.1. The fourth-order valence-corrected chi connectivity index (χ4v) is 8.91. The molecule has 4 N–H and O–H groups in total. The number of rotatable bonds is 6. The van der Waals surface area contributed by atoms with Crippen LogP contribution in [0.5, 0.6) is 0 Å². The average molecular weight is 772 g/mol. The Morgan fingerprint density at radius 1 is 1.08 bits per heavy atom. The Morgan fingerprint density at radius 2 is 1.74 bits per heavy atom. The Hall–Kier alpha value is -3.31. The molecule has 10 atom stereocenters. The van der Waals surface area contributed by atoms with Crippen molar-refractivity contribution in [2.24, 2.45) is 0 Å². The molecule has 0 amide bonds. The lowest BCUT2D eigenvalue weighted by atomic mass is 10.1. The molecule has 26 heteroatoms. The van der Waals surface area contributed by atoms with E-state index in [9.17, 15) is 28.4 Å². The van der Waals surface area contributed by atoms with Crippen molar-refractivity contribution < 1.29 is 64.6 Å². The Bertz CT molecular complexity index is 1950. The van der Waals surface area contributed by atoms with Crippen LogP contribution in [0.3, 0.4) is 0 Å². The van der Waals surface area contributed by atoms with Crippen molar-refractivity contribution in [1.82, 2.24) is 29.1 Å². The maximum Gasteiger partial charge on any atom is 0.509 e. The minimum Gasteiger partial charge on any atom is -0.432 e. The number of fused-ring (bicyclic) bond motifs is 3. The van der Waals surface area contributed by atoms with E-state index >= 15 is 8.78 Å². The number of aromatic nitrogens is 6. The number of H-pyrrole nitrogens is 1. The van der Waals surface area contributed by atoms with Gasteiger partial charge in [-0.25, -0.2) is 42.5 Å². The van der Waals surface area contributed by atoms with Crippen molar-refractivity contribution in [3.05, 3.63) is 45.8 Å².